The van der Waals surface area contributed by atoms with E-state index in [1.165, 1.54) is 0 Å². The average molecular weight is 221 g/mol. The van der Waals surface area contributed by atoms with Crippen LogP contribution in [0.3, 0.4) is 0 Å². The molecule has 92 valence electrons. The van der Waals surface area contributed by atoms with Gasteiger partial charge in [0.1, 0.15) is 0 Å². The quantitative estimate of drug-likeness (QED) is 0.219. The molecule has 15 heavy (non-hydrogen) atoms. The predicted octanol–water partition coefficient (Wildman–Crippen LogP) is -1.15. The van der Waals surface area contributed by atoms with Crippen molar-refractivity contribution >= 4 is 0 Å². The first-order chi connectivity index (χ1) is 7.41. The van der Waals surface area contributed by atoms with Gasteiger partial charge in [-0.1, -0.05) is 0 Å². The van der Waals surface area contributed by atoms with Crippen molar-refractivity contribution in [2.45, 2.75) is 6.42 Å². The summed E-state index contributed by atoms with van der Waals surface area (Å²) in [5.74, 6) is 5.10. The van der Waals surface area contributed by atoms with Crippen molar-refractivity contribution in [3.05, 3.63) is 0 Å². The van der Waals surface area contributed by atoms with E-state index in [1.54, 1.807) is 0 Å². The standard InChI is InChI=1S/C9H23N3O3/c10-2-5-14-7-9-15-8-6-13-4-1-3-12-11/h12H,1-11H2. The highest BCUT2D eigenvalue weighted by Crippen LogP contribution is 1.83. The minimum absolute atomic E-state index is 0.554. The number of hydrazine groups is 1. The zero-order valence-electron chi connectivity index (χ0n) is 9.24. The van der Waals surface area contributed by atoms with Crippen LogP contribution in [0.4, 0.5) is 0 Å². The van der Waals surface area contributed by atoms with E-state index in [9.17, 15) is 0 Å². The molecule has 0 amide bonds. The molecule has 0 saturated heterocycles. The fourth-order valence-electron chi connectivity index (χ4n) is 0.902. The van der Waals surface area contributed by atoms with Gasteiger partial charge in [0, 0.05) is 19.7 Å². The lowest BCUT2D eigenvalue weighted by Gasteiger charge is -2.06. The van der Waals surface area contributed by atoms with E-state index in [2.05, 4.69) is 5.43 Å². The van der Waals surface area contributed by atoms with Gasteiger partial charge in [-0.25, -0.2) is 0 Å². The molecule has 0 bridgehead atoms. The summed E-state index contributed by atoms with van der Waals surface area (Å²) in [7, 11) is 0. The van der Waals surface area contributed by atoms with Crippen molar-refractivity contribution in [1.82, 2.24) is 5.43 Å². The third-order valence-electron chi connectivity index (χ3n) is 1.62. The average Bonchev–Trinajstić information content (AvgIpc) is 2.26. The Labute approximate surface area is 91.2 Å². The van der Waals surface area contributed by atoms with Crippen LogP contribution in [0.2, 0.25) is 0 Å². The molecule has 0 saturated carbocycles. The van der Waals surface area contributed by atoms with Gasteiger partial charge in [0.05, 0.1) is 33.0 Å². The summed E-state index contributed by atoms with van der Waals surface area (Å²) >= 11 is 0. The summed E-state index contributed by atoms with van der Waals surface area (Å²) in [6.07, 6.45) is 0.913. The molecule has 0 rings (SSSR count). The van der Waals surface area contributed by atoms with E-state index in [1.807, 2.05) is 0 Å². The lowest BCUT2D eigenvalue weighted by Crippen LogP contribution is -2.24. The molecule has 0 spiro atoms. The highest BCUT2D eigenvalue weighted by molar-refractivity contribution is 4.38. The maximum absolute atomic E-state index is 5.28. The van der Waals surface area contributed by atoms with Crippen LogP contribution in [0, 0.1) is 0 Å². The molecule has 0 aliphatic heterocycles. The van der Waals surface area contributed by atoms with Crippen molar-refractivity contribution in [3.8, 4) is 0 Å². The lowest BCUT2D eigenvalue weighted by molar-refractivity contribution is 0.0156. The van der Waals surface area contributed by atoms with Crippen LogP contribution in [0.15, 0.2) is 0 Å². The van der Waals surface area contributed by atoms with Gasteiger partial charge in [-0.3, -0.25) is 11.3 Å². The Kier molecular flexibility index (Phi) is 13.5. The summed E-state index contributed by atoms with van der Waals surface area (Å²) < 4.78 is 15.7. The van der Waals surface area contributed by atoms with Gasteiger partial charge in [-0.05, 0) is 6.42 Å². The third kappa shape index (κ3) is 13.8. The Morgan fingerprint density at radius 2 is 1.33 bits per heavy atom. The SMILES string of the molecule is NCCOCCOCCOCCCNN. The maximum atomic E-state index is 5.28. The fraction of sp³-hybridized carbons (Fsp3) is 1.00. The number of nitrogens with one attached hydrogen (secondary N) is 1. The second-order valence-electron chi connectivity index (χ2n) is 2.93. The minimum atomic E-state index is 0.554. The van der Waals surface area contributed by atoms with Crippen molar-refractivity contribution in [1.29, 1.82) is 0 Å². The second-order valence-corrected chi connectivity index (χ2v) is 2.93. The topological polar surface area (TPSA) is 91.8 Å². The smallest absolute Gasteiger partial charge is 0.0701 e. The number of hydrogen-bond donors (Lipinski definition) is 3. The summed E-state index contributed by atoms with van der Waals surface area (Å²) in [4.78, 5) is 0. The molecule has 0 unspecified atom stereocenters. The first-order valence-electron chi connectivity index (χ1n) is 5.28. The molecule has 6 heteroatoms. The molecular weight excluding hydrogens is 198 g/mol. The van der Waals surface area contributed by atoms with E-state index in [4.69, 9.17) is 25.8 Å². The van der Waals surface area contributed by atoms with Crippen LogP contribution in [0.5, 0.6) is 0 Å². The van der Waals surface area contributed by atoms with Gasteiger partial charge in [-0.15, -0.1) is 0 Å². The van der Waals surface area contributed by atoms with Gasteiger partial charge in [0.15, 0.2) is 0 Å². The Balaban J connectivity index is 2.81. The van der Waals surface area contributed by atoms with E-state index in [0.29, 0.717) is 46.2 Å². The largest absolute Gasteiger partial charge is 0.379 e. The summed E-state index contributed by atoms with van der Waals surface area (Å²) in [5.41, 5.74) is 7.81. The summed E-state index contributed by atoms with van der Waals surface area (Å²) in [5, 5.41) is 0. The third-order valence-corrected chi connectivity index (χ3v) is 1.62. The lowest BCUT2D eigenvalue weighted by atomic mass is 10.5. The molecule has 0 aromatic heterocycles. The Bertz CT molecular complexity index is 105. The number of ether oxygens (including phenoxy) is 3. The molecular formula is C9H23N3O3. The van der Waals surface area contributed by atoms with Crippen molar-refractivity contribution in [2.75, 3.05) is 52.7 Å². The predicted molar refractivity (Wildman–Crippen MR) is 58.3 cm³/mol. The molecule has 0 aliphatic rings. The molecule has 0 fully saturated rings. The summed E-state index contributed by atoms with van der Waals surface area (Å²) in [6.45, 7) is 5.01. The van der Waals surface area contributed by atoms with Gasteiger partial charge in [-0.2, -0.15) is 0 Å². The zero-order valence-corrected chi connectivity index (χ0v) is 9.24. The molecule has 6 nitrogen and oxygen atoms in total. The molecule has 0 atom stereocenters. The molecule has 0 heterocycles. The minimum Gasteiger partial charge on any atom is -0.379 e. The van der Waals surface area contributed by atoms with Gasteiger partial charge >= 0.3 is 0 Å². The number of rotatable bonds is 12. The van der Waals surface area contributed by atoms with E-state index >= 15 is 0 Å². The molecule has 0 radical (unpaired) electrons. The van der Waals surface area contributed by atoms with Crippen LogP contribution < -0.4 is 17.0 Å². The van der Waals surface area contributed by atoms with E-state index in [0.717, 1.165) is 13.0 Å². The number of hydrogen-bond acceptors (Lipinski definition) is 6. The maximum Gasteiger partial charge on any atom is 0.0701 e. The number of nitrogens with two attached hydrogens (primary N) is 2. The Hall–Kier alpha value is -0.240. The monoisotopic (exact) mass is 221 g/mol. The fourth-order valence-corrected chi connectivity index (χ4v) is 0.902. The highest BCUT2D eigenvalue weighted by Gasteiger charge is 1.90. The first kappa shape index (κ1) is 14.8. The highest BCUT2D eigenvalue weighted by atomic mass is 16.5. The van der Waals surface area contributed by atoms with Gasteiger partial charge in [0.25, 0.3) is 0 Å². The van der Waals surface area contributed by atoms with Crippen molar-refractivity contribution < 1.29 is 14.2 Å². The van der Waals surface area contributed by atoms with Crippen molar-refractivity contribution in [3.63, 3.8) is 0 Å². The zero-order chi connectivity index (χ0) is 11.2. The molecule has 0 aliphatic carbocycles. The molecule has 0 aromatic carbocycles. The van der Waals surface area contributed by atoms with Crippen LogP contribution in [-0.4, -0.2) is 52.7 Å². The first-order valence-corrected chi connectivity index (χ1v) is 5.28. The van der Waals surface area contributed by atoms with Gasteiger partial charge in [0.2, 0.25) is 0 Å². The van der Waals surface area contributed by atoms with Crippen LogP contribution >= 0.6 is 0 Å². The van der Waals surface area contributed by atoms with Crippen molar-refractivity contribution in [2.24, 2.45) is 11.6 Å². The summed E-state index contributed by atoms with van der Waals surface area (Å²) in [6, 6.07) is 0. The van der Waals surface area contributed by atoms with Crippen LogP contribution in [-0.2, 0) is 14.2 Å². The second kappa shape index (κ2) is 13.8. The van der Waals surface area contributed by atoms with Crippen LogP contribution in [0.1, 0.15) is 6.42 Å². The Morgan fingerprint density at radius 3 is 1.87 bits per heavy atom. The molecule has 0 aromatic rings. The van der Waals surface area contributed by atoms with E-state index in [-0.39, 0.29) is 0 Å². The Morgan fingerprint density at radius 1 is 0.800 bits per heavy atom. The van der Waals surface area contributed by atoms with E-state index < -0.39 is 0 Å². The molecule has 5 N–H and O–H groups in total. The van der Waals surface area contributed by atoms with Gasteiger partial charge < -0.3 is 19.9 Å². The van der Waals surface area contributed by atoms with Crippen LogP contribution in [0.25, 0.3) is 0 Å². The normalized spacial score (nSPS) is 10.8.